The first kappa shape index (κ1) is 31.4. The number of hydrogen-bond donors (Lipinski definition) is 2. The van der Waals surface area contributed by atoms with Crippen LogP contribution < -0.4 is 14.8 Å². The molecule has 1 aromatic carbocycles. The van der Waals surface area contributed by atoms with Crippen LogP contribution >= 0.6 is 0 Å². The molecule has 0 aliphatic carbocycles. The largest absolute Gasteiger partial charge is 0.493 e. The lowest BCUT2D eigenvalue weighted by molar-refractivity contribution is -0.192. The highest BCUT2D eigenvalue weighted by molar-refractivity contribution is 5.95. The Morgan fingerprint density at radius 2 is 1.81 bits per heavy atom. The third kappa shape index (κ3) is 8.51. The molecule has 230 valence electrons. The molecule has 2 saturated heterocycles. The first-order valence-corrected chi connectivity index (χ1v) is 14.2. The third-order valence-corrected chi connectivity index (χ3v) is 7.48. The zero-order valence-electron chi connectivity index (χ0n) is 24.3. The average molecular weight is 593 g/mol. The number of ether oxygens (including phenoxy) is 2. The number of benzene rings is 1. The standard InChI is InChI=1S/C28H38N4O3.C2HF3O2/c1-20-7-8-26(35-20)25-18-23(29-21-9-14-31(2)15-10-21)22-17-27(33-3)28(19-24(22)30-25)34-16-6-13-32-11-4-5-12-32;3-2(4,5)1(6)7/h7-8,17-19,21H,4-6,9-16H2,1-3H3,(H,29,30);(H,6,7). The van der Waals surface area contributed by atoms with Gasteiger partial charge < -0.3 is 34.1 Å². The predicted octanol–water partition coefficient (Wildman–Crippen LogP) is 5.82. The predicted molar refractivity (Wildman–Crippen MR) is 154 cm³/mol. The molecule has 0 amide bonds. The van der Waals surface area contributed by atoms with E-state index >= 15 is 0 Å². The smallest absolute Gasteiger partial charge is 0.490 e. The van der Waals surface area contributed by atoms with Gasteiger partial charge in [-0.05, 0) is 96.5 Å². The lowest BCUT2D eigenvalue weighted by atomic mass is 10.0. The van der Waals surface area contributed by atoms with Crippen molar-refractivity contribution < 1.29 is 37.0 Å². The van der Waals surface area contributed by atoms with E-state index in [1.807, 2.05) is 25.1 Å². The summed E-state index contributed by atoms with van der Waals surface area (Å²) in [7, 11) is 3.89. The van der Waals surface area contributed by atoms with Crippen molar-refractivity contribution >= 4 is 22.6 Å². The molecule has 0 saturated carbocycles. The van der Waals surface area contributed by atoms with Gasteiger partial charge in [0.05, 0.1) is 19.2 Å². The van der Waals surface area contributed by atoms with Gasteiger partial charge in [-0.1, -0.05) is 0 Å². The van der Waals surface area contributed by atoms with E-state index in [1.165, 1.54) is 25.9 Å². The summed E-state index contributed by atoms with van der Waals surface area (Å²) in [4.78, 5) is 18.8. The number of carbonyl (C=O) groups is 1. The van der Waals surface area contributed by atoms with Crippen LogP contribution in [0, 0.1) is 6.92 Å². The number of carboxylic acids is 1. The number of alkyl halides is 3. The van der Waals surface area contributed by atoms with Gasteiger partial charge in [-0.2, -0.15) is 13.2 Å². The van der Waals surface area contributed by atoms with Gasteiger partial charge in [0.2, 0.25) is 0 Å². The number of furan rings is 1. The number of rotatable bonds is 9. The second-order valence-corrected chi connectivity index (χ2v) is 10.8. The lowest BCUT2D eigenvalue weighted by Crippen LogP contribution is -2.36. The number of likely N-dealkylation sites (tertiary alicyclic amines) is 2. The normalized spacial score (nSPS) is 16.7. The lowest BCUT2D eigenvalue weighted by Gasteiger charge is -2.30. The van der Waals surface area contributed by atoms with Crippen LogP contribution in [0.3, 0.4) is 0 Å². The van der Waals surface area contributed by atoms with Crippen molar-refractivity contribution in [2.45, 2.75) is 51.2 Å². The van der Waals surface area contributed by atoms with Crippen molar-refractivity contribution in [1.82, 2.24) is 14.8 Å². The summed E-state index contributed by atoms with van der Waals surface area (Å²) in [5.41, 5.74) is 2.76. The summed E-state index contributed by atoms with van der Waals surface area (Å²) in [5.74, 6) is 0.385. The average Bonchev–Trinajstić information content (AvgIpc) is 3.63. The summed E-state index contributed by atoms with van der Waals surface area (Å²) >= 11 is 0. The van der Waals surface area contributed by atoms with Gasteiger partial charge in [-0.3, -0.25) is 0 Å². The van der Waals surface area contributed by atoms with Crippen LogP contribution in [0.15, 0.2) is 34.7 Å². The van der Waals surface area contributed by atoms with E-state index in [4.69, 9.17) is 28.8 Å². The van der Waals surface area contributed by atoms with Gasteiger partial charge in [0.25, 0.3) is 0 Å². The Labute approximate surface area is 243 Å². The van der Waals surface area contributed by atoms with E-state index in [9.17, 15) is 13.2 Å². The van der Waals surface area contributed by atoms with Crippen LogP contribution in [-0.2, 0) is 4.79 Å². The number of fused-ring (bicyclic) bond motifs is 1. The molecule has 2 aliphatic heterocycles. The Morgan fingerprint density at radius 3 is 2.40 bits per heavy atom. The molecule has 2 aromatic heterocycles. The van der Waals surface area contributed by atoms with Crippen molar-refractivity contribution in [2.24, 2.45) is 0 Å². The Kier molecular flexibility index (Phi) is 10.6. The fourth-order valence-corrected chi connectivity index (χ4v) is 5.17. The molecule has 5 rings (SSSR count). The Bertz CT molecular complexity index is 1330. The Hall–Kier alpha value is -3.51. The number of anilines is 1. The second kappa shape index (κ2) is 14.1. The summed E-state index contributed by atoms with van der Waals surface area (Å²) in [5, 5.41) is 12.0. The van der Waals surface area contributed by atoms with Crippen LogP contribution in [-0.4, -0.2) is 91.6 Å². The van der Waals surface area contributed by atoms with Crippen LogP contribution in [0.25, 0.3) is 22.4 Å². The first-order valence-electron chi connectivity index (χ1n) is 14.2. The van der Waals surface area contributed by atoms with Gasteiger partial charge >= 0.3 is 12.1 Å². The van der Waals surface area contributed by atoms with E-state index in [2.05, 4.69) is 34.3 Å². The van der Waals surface area contributed by atoms with Crippen molar-refractivity contribution in [1.29, 1.82) is 0 Å². The van der Waals surface area contributed by atoms with Gasteiger partial charge in [-0.15, -0.1) is 0 Å². The molecule has 2 fully saturated rings. The molecule has 42 heavy (non-hydrogen) atoms. The highest BCUT2D eigenvalue weighted by Gasteiger charge is 2.38. The van der Waals surface area contributed by atoms with Crippen molar-refractivity contribution in [2.75, 3.05) is 58.8 Å². The maximum absolute atomic E-state index is 10.6. The molecule has 4 heterocycles. The third-order valence-electron chi connectivity index (χ3n) is 7.48. The van der Waals surface area contributed by atoms with E-state index in [-0.39, 0.29) is 0 Å². The number of aliphatic carboxylic acids is 1. The molecular weight excluding hydrogens is 553 g/mol. The van der Waals surface area contributed by atoms with E-state index < -0.39 is 12.1 Å². The molecule has 9 nitrogen and oxygen atoms in total. The van der Waals surface area contributed by atoms with Gasteiger partial charge in [-0.25, -0.2) is 9.78 Å². The summed E-state index contributed by atoms with van der Waals surface area (Å²) in [6, 6.07) is 10.6. The minimum Gasteiger partial charge on any atom is -0.493 e. The van der Waals surface area contributed by atoms with Crippen molar-refractivity contribution in [3.8, 4) is 23.0 Å². The zero-order valence-corrected chi connectivity index (χ0v) is 24.3. The molecule has 0 unspecified atom stereocenters. The SMILES string of the molecule is COc1cc2c(NC3CCN(C)CC3)cc(-c3ccc(C)o3)nc2cc1OCCCN1CCCC1.O=C(O)C(F)(F)F. The molecule has 2 aliphatic rings. The summed E-state index contributed by atoms with van der Waals surface area (Å²) in [6.45, 7) is 8.34. The van der Waals surface area contributed by atoms with E-state index in [0.29, 0.717) is 12.6 Å². The number of nitrogens with one attached hydrogen (secondary N) is 1. The Morgan fingerprint density at radius 1 is 1.12 bits per heavy atom. The molecular formula is C30H39F3N4O5. The highest BCUT2D eigenvalue weighted by atomic mass is 19.4. The quantitative estimate of drug-likeness (QED) is 0.298. The van der Waals surface area contributed by atoms with E-state index in [1.54, 1.807) is 7.11 Å². The summed E-state index contributed by atoms with van der Waals surface area (Å²) < 4.78 is 49.6. The first-order chi connectivity index (χ1) is 20.0. The minimum atomic E-state index is -5.08. The number of halogens is 3. The monoisotopic (exact) mass is 592 g/mol. The van der Waals surface area contributed by atoms with Gasteiger partial charge in [0.1, 0.15) is 11.5 Å². The molecule has 0 atom stereocenters. The fraction of sp³-hybridized carbons (Fsp3) is 0.533. The van der Waals surface area contributed by atoms with Crippen molar-refractivity contribution in [3.63, 3.8) is 0 Å². The summed E-state index contributed by atoms with van der Waals surface area (Å²) in [6.07, 6.45) is 0.784. The van der Waals surface area contributed by atoms with E-state index in [0.717, 1.165) is 84.2 Å². The maximum atomic E-state index is 10.6. The number of aryl methyl sites for hydroxylation is 1. The topological polar surface area (TPSA) is 100 Å². The van der Waals surface area contributed by atoms with Crippen LogP contribution in [0.2, 0.25) is 0 Å². The molecule has 3 aromatic rings. The number of pyridine rings is 1. The zero-order chi connectivity index (χ0) is 30.3. The molecule has 0 bridgehead atoms. The Balaban J connectivity index is 0.000000517. The molecule has 0 radical (unpaired) electrons. The van der Waals surface area contributed by atoms with Crippen molar-refractivity contribution in [3.05, 3.63) is 36.1 Å². The highest BCUT2D eigenvalue weighted by Crippen LogP contribution is 2.38. The minimum absolute atomic E-state index is 0.426. The molecule has 12 heteroatoms. The van der Waals surface area contributed by atoms with Gasteiger partial charge in [0, 0.05) is 29.7 Å². The number of carboxylic acid groups (broad SMARTS) is 1. The molecule has 2 N–H and O–H groups in total. The number of hydrogen-bond acceptors (Lipinski definition) is 8. The number of methoxy groups -OCH3 is 1. The molecule has 0 spiro atoms. The van der Waals surface area contributed by atoms with Crippen LogP contribution in [0.4, 0.5) is 18.9 Å². The number of nitrogens with zero attached hydrogens (tertiary/aromatic N) is 3. The van der Waals surface area contributed by atoms with Gasteiger partial charge in [0.15, 0.2) is 17.3 Å². The second-order valence-electron chi connectivity index (χ2n) is 10.8. The number of aromatic nitrogens is 1. The van der Waals surface area contributed by atoms with Crippen LogP contribution in [0.5, 0.6) is 11.5 Å². The fourth-order valence-electron chi connectivity index (χ4n) is 5.17. The van der Waals surface area contributed by atoms with Crippen LogP contribution in [0.1, 0.15) is 37.9 Å². The maximum Gasteiger partial charge on any atom is 0.490 e. The number of piperidine rings is 1.